The molecule has 1 amide bonds. The summed E-state index contributed by atoms with van der Waals surface area (Å²) in [6.07, 6.45) is 0. The van der Waals surface area contributed by atoms with Gasteiger partial charge in [-0.3, -0.25) is 4.79 Å². The van der Waals surface area contributed by atoms with Crippen LogP contribution in [0.1, 0.15) is 48.2 Å². The molecule has 0 unspecified atom stereocenters. The summed E-state index contributed by atoms with van der Waals surface area (Å²) in [7, 11) is 0. The van der Waals surface area contributed by atoms with Gasteiger partial charge in [0.1, 0.15) is 0 Å². The number of amides is 1. The first-order valence-electron chi connectivity index (χ1n) is 7.28. The SMILES string of the molecule is C/C(=N/NC(=O)c1ccc(C(C)C)cc1)c1ccc(N)cc1. The maximum atomic E-state index is 12.1. The Bertz CT molecular complexity index is 670. The van der Waals surface area contributed by atoms with E-state index in [9.17, 15) is 4.79 Å². The molecule has 2 aromatic rings. The lowest BCUT2D eigenvalue weighted by atomic mass is 10.0. The summed E-state index contributed by atoms with van der Waals surface area (Å²) in [6, 6.07) is 14.9. The molecule has 0 aliphatic rings. The molecule has 0 saturated heterocycles. The van der Waals surface area contributed by atoms with E-state index in [0.29, 0.717) is 17.2 Å². The highest BCUT2D eigenvalue weighted by atomic mass is 16.2. The summed E-state index contributed by atoms with van der Waals surface area (Å²) in [5, 5.41) is 4.13. The molecule has 0 bridgehead atoms. The van der Waals surface area contributed by atoms with Gasteiger partial charge in [0.15, 0.2) is 0 Å². The lowest BCUT2D eigenvalue weighted by molar-refractivity contribution is 0.0955. The topological polar surface area (TPSA) is 67.5 Å². The van der Waals surface area contributed by atoms with Crippen LogP contribution in [0.4, 0.5) is 5.69 Å². The van der Waals surface area contributed by atoms with E-state index < -0.39 is 0 Å². The fourth-order valence-corrected chi connectivity index (χ4v) is 2.01. The summed E-state index contributed by atoms with van der Waals surface area (Å²) in [5.74, 6) is 0.230. The Morgan fingerprint density at radius 3 is 2.09 bits per heavy atom. The van der Waals surface area contributed by atoms with Gasteiger partial charge in [0, 0.05) is 11.3 Å². The number of anilines is 1. The zero-order valence-corrected chi connectivity index (χ0v) is 13.1. The molecule has 22 heavy (non-hydrogen) atoms. The van der Waals surface area contributed by atoms with Crippen LogP contribution in [0.25, 0.3) is 0 Å². The fraction of sp³-hybridized carbons (Fsp3) is 0.222. The monoisotopic (exact) mass is 295 g/mol. The van der Waals surface area contributed by atoms with Crippen LogP contribution >= 0.6 is 0 Å². The minimum absolute atomic E-state index is 0.217. The molecule has 0 aliphatic heterocycles. The number of nitrogen functional groups attached to an aromatic ring is 1. The predicted octanol–water partition coefficient (Wildman–Crippen LogP) is 3.55. The van der Waals surface area contributed by atoms with Gasteiger partial charge in [0.05, 0.1) is 5.71 Å². The van der Waals surface area contributed by atoms with Gasteiger partial charge < -0.3 is 5.73 Å². The van der Waals surface area contributed by atoms with Crippen LogP contribution in [0.3, 0.4) is 0 Å². The Morgan fingerprint density at radius 2 is 1.55 bits per heavy atom. The van der Waals surface area contributed by atoms with Gasteiger partial charge in [0.25, 0.3) is 5.91 Å². The molecule has 0 saturated carbocycles. The third-order valence-corrected chi connectivity index (χ3v) is 3.49. The van der Waals surface area contributed by atoms with Crippen molar-refractivity contribution < 1.29 is 4.79 Å². The highest BCUT2D eigenvalue weighted by molar-refractivity contribution is 6.01. The van der Waals surface area contributed by atoms with Crippen LogP contribution in [0, 0.1) is 0 Å². The van der Waals surface area contributed by atoms with Gasteiger partial charge in [0.2, 0.25) is 0 Å². The average Bonchev–Trinajstić information content (AvgIpc) is 2.53. The van der Waals surface area contributed by atoms with Crippen molar-refractivity contribution in [3.05, 3.63) is 65.2 Å². The number of nitrogens with zero attached hydrogens (tertiary/aromatic N) is 1. The van der Waals surface area contributed by atoms with Crippen LogP contribution in [0.5, 0.6) is 0 Å². The second kappa shape index (κ2) is 6.89. The van der Waals surface area contributed by atoms with Crippen molar-refractivity contribution in [1.29, 1.82) is 0 Å². The first-order chi connectivity index (χ1) is 10.5. The minimum atomic E-state index is -0.217. The Labute approximate surface area is 131 Å². The molecule has 0 aliphatic carbocycles. The van der Waals surface area contributed by atoms with Gasteiger partial charge in [-0.1, -0.05) is 38.1 Å². The zero-order chi connectivity index (χ0) is 16.1. The maximum Gasteiger partial charge on any atom is 0.271 e. The molecule has 0 atom stereocenters. The molecule has 114 valence electrons. The van der Waals surface area contributed by atoms with Crippen molar-refractivity contribution in [3.8, 4) is 0 Å². The number of benzene rings is 2. The van der Waals surface area contributed by atoms with Crippen LogP contribution < -0.4 is 11.2 Å². The van der Waals surface area contributed by atoms with Gasteiger partial charge in [-0.25, -0.2) is 5.43 Å². The highest BCUT2D eigenvalue weighted by Crippen LogP contribution is 2.14. The number of hydrogen-bond acceptors (Lipinski definition) is 3. The fourth-order valence-electron chi connectivity index (χ4n) is 2.01. The number of hydrazone groups is 1. The molecule has 4 nitrogen and oxygen atoms in total. The highest BCUT2D eigenvalue weighted by Gasteiger charge is 2.06. The number of carbonyl (C=O) groups excluding carboxylic acids is 1. The third kappa shape index (κ3) is 3.95. The first-order valence-corrected chi connectivity index (χ1v) is 7.28. The van der Waals surface area contributed by atoms with E-state index in [0.717, 1.165) is 11.3 Å². The molecule has 0 radical (unpaired) electrons. The Balaban J connectivity index is 2.05. The molecular weight excluding hydrogens is 274 g/mol. The van der Waals surface area contributed by atoms with Gasteiger partial charge in [-0.15, -0.1) is 0 Å². The van der Waals surface area contributed by atoms with E-state index in [1.165, 1.54) is 5.56 Å². The summed E-state index contributed by atoms with van der Waals surface area (Å²) in [6.45, 7) is 6.08. The largest absolute Gasteiger partial charge is 0.399 e. The first kappa shape index (κ1) is 15.8. The van der Waals surface area contributed by atoms with E-state index in [4.69, 9.17) is 5.73 Å². The standard InChI is InChI=1S/C18H21N3O/c1-12(2)14-4-6-16(7-5-14)18(22)21-20-13(3)15-8-10-17(19)11-9-15/h4-12H,19H2,1-3H3,(H,21,22)/b20-13-. The van der Waals surface area contributed by atoms with Gasteiger partial charge >= 0.3 is 0 Å². The summed E-state index contributed by atoms with van der Waals surface area (Å²) in [5.41, 5.74) is 12.4. The van der Waals surface area contributed by atoms with Crippen molar-refractivity contribution in [3.63, 3.8) is 0 Å². The molecule has 0 fully saturated rings. The normalized spacial score (nSPS) is 11.5. The van der Waals surface area contributed by atoms with Crippen molar-refractivity contribution in [2.75, 3.05) is 5.73 Å². The third-order valence-electron chi connectivity index (χ3n) is 3.49. The number of carbonyl (C=O) groups is 1. The summed E-state index contributed by atoms with van der Waals surface area (Å²) < 4.78 is 0. The second-order valence-electron chi connectivity index (χ2n) is 5.54. The lowest BCUT2D eigenvalue weighted by Crippen LogP contribution is -2.19. The zero-order valence-electron chi connectivity index (χ0n) is 13.1. The van der Waals surface area contributed by atoms with E-state index in [1.807, 2.05) is 43.3 Å². The molecule has 3 N–H and O–H groups in total. The maximum absolute atomic E-state index is 12.1. The van der Waals surface area contributed by atoms with Crippen LogP contribution in [-0.2, 0) is 0 Å². The number of nitrogens with one attached hydrogen (secondary N) is 1. The van der Waals surface area contributed by atoms with E-state index in [2.05, 4.69) is 24.4 Å². The number of rotatable bonds is 4. The number of nitrogens with two attached hydrogens (primary N) is 1. The van der Waals surface area contributed by atoms with E-state index in [-0.39, 0.29) is 5.91 Å². The Kier molecular flexibility index (Phi) is 4.94. The molecule has 4 heteroatoms. The Hall–Kier alpha value is -2.62. The lowest BCUT2D eigenvalue weighted by Gasteiger charge is -2.06. The quantitative estimate of drug-likeness (QED) is 0.514. The van der Waals surface area contributed by atoms with Gasteiger partial charge in [-0.2, -0.15) is 5.10 Å². The second-order valence-corrected chi connectivity index (χ2v) is 5.54. The van der Waals surface area contributed by atoms with E-state index >= 15 is 0 Å². The van der Waals surface area contributed by atoms with E-state index in [1.54, 1.807) is 12.1 Å². The number of hydrogen-bond donors (Lipinski definition) is 2. The van der Waals surface area contributed by atoms with Crippen LogP contribution in [0.2, 0.25) is 0 Å². The van der Waals surface area contributed by atoms with Crippen molar-refractivity contribution in [2.24, 2.45) is 5.10 Å². The summed E-state index contributed by atoms with van der Waals surface area (Å²) >= 11 is 0. The molecule has 0 spiro atoms. The molecule has 2 aromatic carbocycles. The summed E-state index contributed by atoms with van der Waals surface area (Å²) in [4.78, 5) is 12.1. The van der Waals surface area contributed by atoms with Crippen molar-refractivity contribution in [2.45, 2.75) is 26.7 Å². The van der Waals surface area contributed by atoms with Crippen LogP contribution in [0.15, 0.2) is 53.6 Å². The molecular formula is C18H21N3O. The molecule has 2 rings (SSSR count). The minimum Gasteiger partial charge on any atom is -0.399 e. The Morgan fingerprint density at radius 1 is 1.00 bits per heavy atom. The van der Waals surface area contributed by atoms with Gasteiger partial charge in [-0.05, 0) is 48.2 Å². The molecule has 0 heterocycles. The van der Waals surface area contributed by atoms with Crippen molar-refractivity contribution in [1.82, 2.24) is 5.43 Å². The van der Waals surface area contributed by atoms with Crippen molar-refractivity contribution >= 4 is 17.3 Å². The molecule has 0 aromatic heterocycles. The average molecular weight is 295 g/mol. The van der Waals surface area contributed by atoms with Crippen LogP contribution in [-0.4, -0.2) is 11.6 Å². The predicted molar refractivity (Wildman–Crippen MR) is 91.1 cm³/mol. The smallest absolute Gasteiger partial charge is 0.271 e.